The average Bonchev–Trinajstić information content (AvgIpc) is 2.71. The van der Waals surface area contributed by atoms with E-state index in [2.05, 4.69) is 10.0 Å². The van der Waals surface area contributed by atoms with Crippen LogP contribution in [0.3, 0.4) is 0 Å². The van der Waals surface area contributed by atoms with Crippen LogP contribution in [0.15, 0.2) is 71.6 Å². The van der Waals surface area contributed by atoms with Crippen LogP contribution >= 0.6 is 11.6 Å². The first-order valence-electron chi connectivity index (χ1n) is 9.08. The van der Waals surface area contributed by atoms with Crippen molar-refractivity contribution >= 4 is 38.9 Å². The molecule has 1 amide bonds. The molecule has 0 aliphatic carbocycles. The number of rotatable bonds is 7. The first kappa shape index (κ1) is 21.7. The summed E-state index contributed by atoms with van der Waals surface area (Å²) in [5, 5.41) is 3.30. The van der Waals surface area contributed by atoms with Crippen molar-refractivity contribution in [3.63, 3.8) is 0 Å². The van der Waals surface area contributed by atoms with E-state index < -0.39 is 10.0 Å². The van der Waals surface area contributed by atoms with Gasteiger partial charge in [0.2, 0.25) is 5.91 Å². The van der Waals surface area contributed by atoms with Crippen LogP contribution in [-0.4, -0.2) is 21.4 Å². The number of aryl methyl sites for hydroxylation is 1. The van der Waals surface area contributed by atoms with Gasteiger partial charge in [0.1, 0.15) is 5.75 Å². The number of nitrogens with one attached hydrogen (secondary N) is 2. The van der Waals surface area contributed by atoms with Crippen LogP contribution < -0.4 is 14.8 Å². The summed E-state index contributed by atoms with van der Waals surface area (Å²) in [6, 6.07) is 18.1. The molecule has 0 fully saturated rings. The molecule has 0 aromatic heterocycles. The predicted molar refractivity (Wildman–Crippen MR) is 119 cm³/mol. The number of hydrogen-bond donors (Lipinski definition) is 2. The number of methoxy groups -OCH3 is 1. The number of hydrogen-bond acceptors (Lipinski definition) is 4. The number of carbonyl (C=O) groups excluding carboxylic acids is 1. The maximum atomic E-state index is 12.6. The molecule has 0 radical (unpaired) electrons. The van der Waals surface area contributed by atoms with Gasteiger partial charge in [-0.05, 0) is 72.6 Å². The molecule has 156 valence electrons. The van der Waals surface area contributed by atoms with Crippen molar-refractivity contribution in [2.24, 2.45) is 0 Å². The van der Waals surface area contributed by atoms with Gasteiger partial charge in [-0.25, -0.2) is 8.42 Å². The molecule has 2 N–H and O–H groups in total. The summed E-state index contributed by atoms with van der Waals surface area (Å²) in [4.78, 5) is 12.3. The topological polar surface area (TPSA) is 84.5 Å². The number of sulfonamides is 1. The molecule has 6 nitrogen and oxygen atoms in total. The highest BCUT2D eigenvalue weighted by Crippen LogP contribution is 2.23. The molecular formula is C22H21ClN2O4S. The Balaban J connectivity index is 1.65. The molecular weight excluding hydrogens is 424 g/mol. The van der Waals surface area contributed by atoms with E-state index in [1.807, 2.05) is 12.1 Å². The quantitative estimate of drug-likeness (QED) is 0.556. The zero-order chi connectivity index (χ0) is 21.7. The Morgan fingerprint density at radius 1 is 1.00 bits per heavy atom. The van der Waals surface area contributed by atoms with E-state index in [0.717, 1.165) is 11.3 Å². The summed E-state index contributed by atoms with van der Waals surface area (Å²) in [5.41, 5.74) is 2.52. The van der Waals surface area contributed by atoms with Crippen molar-refractivity contribution in [2.75, 3.05) is 17.1 Å². The van der Waals surface area contributed by atoms with Gasteiger partial charge in [-0.1, -0.05) is 23.7 Å². The van der Waals surface area contributed by atoms with E-state index >= 15 is 0 Å². The van der Waals surface area contributed by atoms with E-state index in [9.17, 15) is 13.2 Å². The molecule has 0 saturated heterocycles. The Kier molecular flexibility index (Phi) is 6.64. The first-order chi connectivity index (χ1) is 14.3. The molecule has 0 spiro atoms. The second-order valence-corrected chi connectivity index (χ2v) is 8.78. The Labute approximate surface area is 180 Å². The lowest BCUT2D eigenvalue weighted by molar-refractivity contribution is -0.115. The Bertz CT molecular complexity index is 1140. The van der Waals surface area contributed by atoms with Crippen molar-refractivity contribution in [1.29, 1.82) is 0 Å². The van der Waals surface area contributed by atoms with Gasteiger partial charge in [0.05, 0.1) is 24.1 Å². The molecule has 3 rings (SSSR count). The fourth-order valence-electron chi connectivity index (χ4n) is 2.80. The van der Waals surface area contributed by atoms with Crippen LogP contribution in [0, 0.1) is 6.92 Å². The third-order valence-corrected chi connectivity index (χ3v) is 6.02. The summed E-state index contributed by atoms with van der Waals surface area (Å²) >= 11 is 5.91. The lowest BCUT2D eigenvalue weighted by atomic mass is 10.1. The minimum absolute atomic E-state index is 0.0880. The van der Waals surface area contributed by atoms with Gasteiger partial charge >= 0.3 is 0 Å². The zero-order valence-electron chi connectivity index (χ0n) is 16.5. The number of halogens is 1. The maximum Gasteiger partial charge on any atom is 0.261 e. The molecule has 3 aromatic rings. The van der Waals surface area contributed by atoms with Crippen LogP contribution in [0.1, 0.15) is 11.1 Å². The molecule has 30 heavy (non-hydrogen) atoms. The Hall–Kier alpha value is -3.03. The second kappa shape index (κ2) is 9.19. The molecule has 3 aromatic carbocycles. The SMILES string of the molecule is COc1ccc(CC(=O)Nc2ccc(S(=O)(=O)Nc3ccc(Cl)cc3C)cc2)cc1. The normalized spacial score (nSPS) is 11.0. The monoisotopic (exact) mass is 444 g/mol. The van der Waals surface area contributed by atoms with Crippen LogP contribution in [0.25, 0.3) is 0 Å². The zero-order valence-corrected chi connectivity index (χ0v) is 18.0. The first-order valence-corrected chi connectivity index (χ1v) is 10.9. The lowest BCUT2D eigenvalue weighted by Gasteiger charge is -2.12. The maximum absolute atomic E-state index is 12.6. The van der Waals surface area contributed by atoms with Crippen LogP contribution in [0.4, 0.5) is 11.4 Å². The minimum Gasteiger partial charge on any atom is -0.497 e. The van der Waals surface area contributed by atoms with Gasteiger partial charge in [-0.15, -0.1) is 0 Å². The third-order valence-electron chi connectivity index (χ3n) is 4.40. The van der Waals surface area contributed by atoms with Crippen LogP contribution in [0.5, 0.6) is 5.75 Å². The second-order valence-electron chi connectivity index (χ2n) is 6.66. The number of benzene rings is 3. The molecule has 0 unspecified atom stereocenters. The lowest BCUT2D eigenvalue weighted by Crippen LogP contribution is -2.15. The summed E-state index contributed by atoms with van der Waals surface area (Å²) < 4.78 is 32.9. The van der Waals surface area contributed by atoms with Crippen molar-refractivity contribution in [2.45, 2.75) is 18.2 Å². The Morgan fingerprint density at radius 2 is 1.67 bits per heavy atom. The predicted octanol–water partition coefficient (Wildman–Crippen LogP) is 4.64. The van der Waals surface area contributed by atoms with Crippen molar-refractivity contribution in [3.05, 3.63) is 82.9 Å². The van der Waals surface area contributed by atoms with Crippen LogP contribution in [-0.2, 0) is 21.2 Å². The van der Waals surface area contributed by atoms with Gasteiger partial charge in [-0.3, -0.25) is 9.52 Å². The molecule has 0 heterocycles. The minimum atomic E-state index is -3.77. The summed E-state index contributed by atoms with van der Waals surface area (Å²) in [6.45, 7) is 1.77. The number of ether oxygens (including phenoxy) is 1. The van der Waals surface area contributed by atoms with Gasteiger partial charge in [0.25, 0.3) is 10.0 Å². The van der Waals surface area contributed by atoms with Crippen molar-refractivity contribution in [1.82, 2.24) is 0 Å². The number of amides is 1. The van der Waals surface area contributed by atoms with Gasteiger partial charge < -0.3 is 10.1 Å². The van der Waals surface area contributed by atoms with Gasteiger partial charge in [0.15, 0.2) is 0 Å². The molecule has 0 bridgehead atoms. The fourth-order valence-corrected chi connectivity index (χ4v) is 4.15. The molecule has 8 heteroatoms. The molecule has 0 saturated carbocycles. The van der Waals surface area contributed by atoms with Gasteiger partial charge in [-0.2, -0.15) is 0 Å². The standard InChI is InChI=1S/C22H21ClN2O4S/c1-15-13-17(23)5-12-21(15)25-30(27,28)20-10-6-18(7-11-20)24-22(26)14-16-3-8-19(29-2)9-4-16/h3-13,25H,14H2,1-2H3,(H,24,26). The van der Waals surface area contributed by atoms with E-state index in [1.165, 1.54) is 12.1 Å². The smallest absolute Gasteiger partial charge is 0.261 e. The highest BCUT2D eigenvalue weighted by molar-refractivity contribution is 7.92. The average molecular weight is 445 g/mol. The summed E-state index contributed by atoms with van der Waals surface area (Å²) in [7, 11) is -2.19. The summed E-state index contributed by atoms with van der Waals surface area (Å²) in [5.74, 6) is 0.518. The van der Waals surface area contributed by atoms with Crippen molar-refractivity contribution in [3.8, 4) is 5.75 Å². The fraction of sp³-hybridized carbons (Fsp3) is 0.136. The number of carbonyl (C=O) groups is 1. The van der Waals surface area contributed by atoms with E-state index in [0.29, 0.717) is 22.0 Å². The molecule has 0 aliphatic heterocycles. The van der Waals surface area contributed by atoms with E-state index in [1.54, 1.807) is 56.5 Å². The van der Waals surface area contributed by atoms with E-state index in [4.69, 9.17) is 16.3 Å². The van der Waals surface area contributed by atoms with Crippen molar-refractivity contribution < 1.29 is 17.9 Å². The van der Waals surface area contributed by atoms with Crippen LogP contribution in [0.2, 0.25) is 5.02 Å². The number of anilines is 2. The van der Waals surface area contributed by atoms with E-state index in [-0.39, 0.29) is 17.2 Å². The highest BCUT2D eigenvalue weighted by Gasteiger charge is 2.15. The highest BCUT2D eigenvalue weighted by atomic mass is 35.5. The third kappa shape index (κ3) is 5.52. The Morgan fingerprint density at radius 3 is 2.27 bits per heavy atom. The molecule has 0 aliphatic rings. The molecule has 0 atom stereocenters. The summed E-state index contributed by atoms with van der Waals surface area (Å²) in [6.07, 6.45) is 0.196. The van der Waals surface area contributed by atoms with Gasteiger partial charge in [0, 0.05) is 10.7 Å². The largest absolute Gasteiger partial charge is 0.497 e.